The zero-order valence-electron chi connectivity index (χ0n) is 11.8. The molecule has 6 nitrogen and oxygen atoms in total. The third kappa shape index (κ3) is 4.39. The number of imidazole rings is 1. The van der Waals surface area contributed by atoms with Crippen molar-refractivity contribution in [1.29, 1.82) is 0 Å². The first-order valence-corrected chi connectivity index (χ1v) is 6.96. The standard InChI is InChI=1S/C14H17N3O.CH2O2/c1-2-10-18-13(3-1)11-17-9-8-16-14(17)12-4-6-15-7-5-12;2-1-3/h4-9,13H,1-3,10-11H2;1H,(H,2,3). The molecule has 1 unspecified atom stereocenters. The van der Waals surface area contributed by atoms with Crippen molar-refractivity contribution in [2.45, 2.75) is 31.9 Å². The molecule has 0 aliphatic carbocycles. The van der Waals surface area contributed by atoms with Crippen LogP contribution in [0.4, 0.5) is 0 Å². The van der Waals surface area contributed by atoms with Crippen LogP contribution in [0.15, 0.2) is 36.9 Å². The molecule has 0 amide bonds. The third-order valence-corrected chi connectivity index (χ3v) is 3.33. The van der Waals surface area contributed by atoms with E-state index in [1.807, 2.05) is 24.5 Å². The number of ether oxygens (including phenoxy) is 1. The Bertz CT molecular complexity index is 536. The van der Waals surface area contributed by atoms with E-state index in [4.69, 9.17) is 14.6 Å². The summed E-state index contributed by atoms with van der Waals surface area (Å²) in [7, 11) is 0. The van der Waals surface area contributed by atoms with Crippen LogP contribution in [0.2, 0.25) is 0 Å². The molecule has 2 aromatic rings. The lowest BCUT2D eigenvalue weighted by molar-refractivity contribution is -0.122. The first-order chi connectivity index (χ1) is 10.3. The maximum Gasteiger partial charge on any atom is 0.290 e. The largest absolute Gasteiger partial charge is 0.483 e. The monoisotopic (exact) mass is 289 g/mol. The van der Waals surface area contributed by atoms with Crippen LogP contribution in [0.5, 0.6) is 0 Å². The van der Waals surface area contributed by atoms with E-state index < -0.39 is 0 Å². The fourth-order valence-corrected chi connectivity index (χ4v) is 2.39. The highest BCUT2D eigenvalue weighted by molar-refractivity contribution is 5.54. The summed E-state index contributed by atoms with van der Waals surface area (Å²) >= 11 is 0. The van der Waals surface area contributed by atoms with Gasteiger partial charge in [-0.15, -0.1) is 0 Å². The summed E-state index contributed by atoms with van der Waals surface area (Å²) in [4.78, 5) is 16.8. The minimum absolute atomic E-state index is 0.250. The molecule has 1 atom stereocenters. The Morgan fingerprint density at radius 3 is 2.76 bits per heavy atom. The lowest BCUT2D eigenvalue weighted by atomic mass is 10.1. The van der Waals surface area contributed by atoms with Gasteiger partial charge in [0.05, 0.1) is 12.6 Å². The minimum Gasteiger partial charge on any atom is -0.483 e. The predicted molar refractivity (Wildman–Crippen MR) is 77.7 cm³/mol. The summed E-state index contributed by atoms with van der Waals surface area (Å²) in [6, 6.07) is 3.97. The first-order valence-electron chi connectivity index (χ1n) is 6.96. The van der Waals surface area contributed by atoms with E-state index in [9.17, 15) is 0 Å². The molecule has 0 bridgehead atoms. The Morgan fingerprint density at radius 2 is 2.10 bits per heavy atom. The van der Waals surface area contributed by atoms with E-state index in [2.05, 4.69) is 14.5 Å². The van der Waals surface area contributed by atoms with Crippen LogP contribution in [-0.4, -0.2) is 38.8 Å². The summed E-state index contributed by atoms with van der Waals surface area (Å²) in [5.41, 5.74) is 1.10. The van der Waals surface area contributed by atoms with Crippen LogP contribution >= 0.6 is 0 Å². The van der Waals surface area contributed by atoms with Gasteiger partial charge in [-0.1, -0.05) is 0 Å². The molecule has 1 saturated heterocycles. The number of carboxylic acid groups (broad SMARTS) is 1. The summed E-state index contributed by atoms with van der Waals surface area (Å²) in [5.74, 6) is 0.992. The van der Waals surface area contributed by atoms with Crippen LogP contribution in [0, 0.1) is 0 Å². The van der Waals surface area contributed by atoms with Gasteiger partial charge in [-0.2, -0.15) is 0 Å². The van der Waals surface area contributed by atoms with Crippen LogP contribution in [0.25, 0.3) is 11.4 Å². The molecule has 2 aromatic heterocycles. The predicted octanol–water partition coefficient (Wildman–Crippen LogP) is 2.21. The fourth-order valence-electron chi connectivity index (χ4n) is 2.39. The molecule has 112 valence electrons. The van der Waals surface area contributed by atoms with E-state index in [1.165, 1.54) is 12.8 Å². The molecule has 0 radical (unpaired) electrons. The van der Waals surface area contributed by atoms with Crippen LogP contribution in [0.1, 0.15) is 19.3 Å². The van der Waals surface area contributed by atoms with Crippen molar-refractivity contribution in [2.24, 2.45) is 0 Å². The van der Waals surface area contributed by atoms with Gasteiger partial charge in [0.25, 0.3) is 6.47 Å². The van der Waals surface area contributed by atoms with Gasteiger partial charge in [0, 0.05) is 37.0 Å². The highest BCUT2D eigenvalue weighted by atomic mass is 16.5. The number of hydrogen-bond acceptors (Lipinski definition) is 4. The van der Waals surface area contributed by atoms with E-state index >= 15 is 0 Å². The molecule has 0 spiro atoms. The lowest BCUT2D eigenvalue weighted by Crippen LogP contribution is -2.24. The maximum absolute atomic E-state index is 8.36. The van der Waals surface area contributed by atoms with Crippen molar-refractivity contribution in [1.82, 2.24) is 14.5 Å². The number of rotatable bonds is 3. The second-order valence-electron chi connectivity index (χ2n) is 4.73. The quantitative estimate of drug-likeness (QED) is 0.877. The third-order valence-electron chi connectivity index (χ3n) is 3.33. The van der Waals surface area contributed by atoms with Gasteiger partial charge >= 0.3 is 0 Å². The minimum atomic E-state index is -0.250. The number of hydrogen-bond donors (Lipinski definition) is 1. The second-order valence-corrected chi connectivity index (χ2v) is 4.73. The molecule has 3 rings (SSSR count). The average Bonchev–Trinajstić information content (AvgIpc) is 2.98. The Balaban J connectivity index is 0.000000497. The molecular formula is C15H19N3O3. The summed E-state index contributed by atoms with van der Waals surface area (Å²) in [5, 5.41) is 6.89. The zero-order valence-corrected chi connectivity index (χ0v) is 11.8. The summed E-state index contributed by atoms with van der Waals surface area (Å²) < 4.78 is 7.95. The number of pyridine rings is 1. The first kappa shape index (κ1) is 15.2. The molecule has 1 N–H and O–H groups in total. The van der Waals surface area contributed by atoms with Gasteiger partial charge in [0.15, 0.2) is 0 Å². The van der Waals surface area contributed by atoms with Crippen molar-refractivity contribution >= 4 is 6.47 Å². The zero-order chi connectivity index (χ0) is 14.9. The van der Waals surface area contributed by atoms with E-state index in [0.29, 0.717) is 6.10 Å². The van der Waals surface area contributed by atoms with Gasteiger partial charge in [0.2, 0.25) is 0 Å². The van der Waals surface area contributed by atoms with Crippen molar-refractivity contribution in [3.05, 3.63) is 36.9 Å². The highest BCUT2D eigenvalue weighted by Crippen LogP contribution is 2.20. The van der Waals surface area contributed by atoms with E-state index in [-0.39, 0.29) is 6.47 Å². The molecule has 0 saturated carbocycles. The Labute approximate surface area is 123 Å². The van der Waals surface area contributed by atoms with Crippen LogP contribution < -0.4 is 0 Å². The molecule has 3 heterocycles. The molecule has 1 fully saturated rings. The number of carbonyl (C=O) groups is 1. The Morgan fingerprint density at radius 1 is 1.33 bits per heavy atom. The molecule has 21 heavy (non-hydrogen) atoms. The second kappa shape index (κ2) is 8.16. The SMILES string of the molecule is O=CO.c1cc(-c2nccn2CC2CCCCO2)ccn1. The van der Waals surface area contributed by atoms with Gasteiger partial charge < -0.3 is 14.4 Å². The van der Waals surface area contributed by atoms with Crippen LogP contribution in [-0.2, 0) is 16.1 Å². The molecule has 1 aliphatic heterocycles. The normalized spacial score (nSPS) is 17.6. The summed E-state index contributed by atoms with van der Waals surface area (Å²) in [6.07, 6.45) is 11.4. The number of nitrogens with zero attached hydrogens (tertiary/aromatic N) is 3. The van der Waals surface area contributed by atoms with E-state index in [0.717, 1.165) is 31.0 Å². The number of aromatic nitrogens is 3. The van der Waals surface area contributed by atoms with Gasteiger partial charge in [-0.25, -0.2) is 4.98 Å². The van der Waals surface area contributed by atoms with Gasteiger partial charge in [0.1, 0.15) is 5.82 Å². The topological polar surface area (TPSA) is 77.2 Å². The Kier molecular flexibility index (Phi) is 5.90. The average molecular weight is 289 g/mol. The van der Waals surface area contributed by atoms with Crippen LogP contribution in [0.3, 0.4) is 0 Å². The molecule has 6 heteroatoms. The molecule has 0 aromatic carbocycles. The lowest BCUT2D eigenvalue weighted by Gasteiger charge is -2.23. The molecular weight excluding hydrogens is 270 g/mol. The van der Waals surface area contributed by atoms with Crippen molar-refractivity contribution < 1.29 is 14.6 Å². The Hall–Kier alpha value is -2.21. The van der Waals surface area contributed by atoms with Gasteiger partial charge in [-0.05, 0) is 31.4 Å². The molecule has 1 aliphatic rings. The van der Waals surface area contributed by atoms with Gasteiger partial charge in [-0.3, -0.25) is 9.78 Å². The smallest absolute Gasteiger partial charge is 0.290 e. The summed E-state index contributed by atoms with van der Waals surface area (Å²) in [6.45, 7) is 1.53. The fraction of sp³-hybridized carbons (Fsp3) is 0.400. The highest BCUT2D eigenvalue weighted by Gasteiger charge is 2.16. The van der Waals surface area contributed by atoms with Crippen molar-refractivity contribution in [2.75, 3.05) is 6.61 Å². The maximum atomic E-state index is 8.36. The van der Waals surface area contributed by atoms with E-state index in [1.54, 1.807) is 12.4 Å². The van der Waals surface area contributed by atoms with Crippen molar-refractivity contribution in [3.63, 3.8) is 0 Å². The van der Waals surface area contributed by atoms with Crippen molar-refractivity contribution in [3.8, 4) is 11.4 Å².